The Morgan fingerprint density at radius 1 is 1.08 bits per heavy atom. The minimum atomic E-state index is -0.698. The molecular formula is C18H17N3O5. The lowest BCUT2D eigenvalue weighted by Gasteiger charge is -2.23. The summed E-state index contributed by atoms with van der Waals surface area (Å²) in [5, 5.41) is 0. The van der Waals surface area contributed by atoms with Crippen molar-refractivity contribution in [2.75, 3.05) is 13.2 Å². The molecule has 3 aromatic rings. The number of aromatic nitrogens is 3. The summed E-state index contributed by atoms with van der Waals surface area (Å²) in [6.07, 6.45) is 3.03. The van der Waals surface area contributed by atoms with Crippen LogP contribution in [0.4, 0.5) is 0 Å². The summed E-state index contributed by atoms with van der Waals surface area (Å²) in [4.78, 5) is 11.9. The Morgan fingerprint density at radius 3 is 2.77 bits per heavy atom. The number of hydrogen-bond donors (Lipinski definition) is 1. The molecule has 4 heterocycles. The highest BCUT2D eigenvalue weighted by Gasteiger charge is 2.37. The van der Waals surface area contributed by atoms with E-state index in [-0.39, 0.29) is 0 Å². The van der Waals surface area contributed by atoms with Crippen molar-refractivity contribution in [1.29, 1.82) is 0 Å². The molecule has 0 spiro atoms. The first-order valence-corrected chi connectivity index (χ1v) is 8.49. The number of oxazole rings is 1. The third kappa shape index (κ3) is 2.83. The average Bonchev–Trinajstić information content (AvgIpc) is 3.42. The van der Waals surface area contributed by atoms with Gasteiger partial charge < -0.3 is 28.3 Å². The average molecular weight is 355 g/mol. The van der Waals surface area contributed by atoms with Crippen LogP contribution in [0.15, 0.2) is 52.7 Å². The predicted octanol–water partition coefficient (Wildman–Crippen LogP) is 2.81. The second-order valence-electron chi connectivity index (χ2n) is 6.02. The van der Waals surface area contributed by atoms with Gasteiger partial charge in [0.15, 0.2) is 17.3 Å². The van der Waals surface area contributed by atoms with Gasteiger partial charge in [0.2, 0.25) is 12.2 Å². The summed E-state index contributed by atoms with van der Waals surface area (Å²) >= 11 is 0. The third-order valence-corrected chi connectivity index (χ3v) is 4.23. The lowest BCUT2D eigenvalue weighted by molar-refractivity contribution is -0.183. The molecule has 134 valence electrons. The van der Waals surface area contributed by atoms with E-state index in [1.165, 1.54) is 6.26 Å². The molecule has 0 bridgehead atoms. The lowest BCUT2D eigenvalue weighted by Crippen LogP contribution is -2.27. The molecule has 1 atom stereocenters. The molecule has 0 saturated carbocycles. The van der Waals surface area contributed by atoms with E-state index >= 15 is 0 Å². The number of H-pyrrole nitrogens is 1. The van der Waals surface area contributed by atoms with Gasteiger partial charge in [-0.15, -0.1) is 0 Å². The molecule has 2 aromatic heterocycles. The summed E-state index contributed by atoms with van der Waals surface area (Å²) in [6, 6.07) is 7.77. The van der Waals surface area contributed by atoms with Crippen LogP contribution < -0.4 is 0 Å². The van der Waals surface area contributed by atoms with Crippen LogP contribution in [0, 0.1) is 0 Å². The van der Waals surface area contributed by atoms with Crippen LogP contribution in [0.1, 0.15) is 24.4 Å². The van der Waals surface area contributed by atoms with Gasteiger partial charge in [-0.2, -0.15) is 0 Å². The summed E-state index contributed by atoms with van der Waals surface area (Å²) in [5.41, 5.74) is 1.77. The number of aromatic amines is 1. The van der Waals surface area contributed by atoms with Crippen molar-refractivity contribution in [2.45, 2.75) is 25.4 Å². The molecule has 8 heteroatoms. The Kier molecular flexibility index (Phi) is 3.84. The second kappa shape index (κ2) is 6.47. The van der Waals surface area contributed by atoms with Gasteiger partial charge in [-0.1, -0.05) is 12.1 Å². The highest BCUT2D eigenvalue weighted by molar-refractivity contribution is 5.74. The van der Waals surface area contributed by atoms with Crippen LogP contribution in [0.5, 0.6) is 0 Å². The van der Waals surface area contributed by atoms with Crippen molar-refractivity contribution in [3.05, 3.63) is 60.0 Å². The standard InChI is InChI=1S/C18H17N3O5/c1-2-5-12-11(4-1)20-16(21-12)18-25-13(10-14-19-6-9-22-14)15(26-18)17-23-7-3-8-24-17/h1-2,4-6,9,17-18H,3,7-8,10H2,(H,20,21). The van der Waals surface area contributed by atoms with Gasteiger partial charge in [-0.25, -0.2) is 9.97 Å². The van der Waals surface area contributed by atoms with E-state index in [2.05, 4.69) is 15.0 Å². The number of nitrogens with one attached hydrogen (secondary N) is 1. The minimum Gasteiger partial charge on any atom is -0.449 e. The second-order valence-corrected chi connectivity index (χ2v) is 6.02. The van der Waals surface area contributed by atoms with Crippen LogP contribution >= 0.6 is 0 Å². The third-order valence-electron chi connectivity index (χ3n) is 4.23. The van der Waals surface area contributed by atoms with E-state index in [0.29, 0.717) is 42.9 Å². The smallest absolute Gasteiger partial charge is 0.300 e. The monoisotopic (exact) mass is 355 g/mol. The van der Waals surface area contributed by atoms with Gasteiger partial charge in [-0.05, 0) is 18.6 Å². The first kappa shape index (κ1) is 15.4. The van der Waals surface area contributed by atoms with E-state index in [4.69, 9.17) is 23.4 Å². The van der Waals surface area contributed by atoms with E-state index in [0.717, 1.165) is 17.5 Å². The van der Waals surface area contributed by atoms with Crippen molar-refractivity contribution >= 4 is 11.0 Å². The summed E-state index contributed by atoms with van der Waals surface area (Å²) < 4.78 is 28.8. The van der Waals surface area contributed by atoms with Crippen LogP contribution in [-0.4, -0.2) is 34.5 Å². The van der Waals surface area contributed by atoms with Crippen molar-refractivity contribution < 1.29 is 23.4 Å². The van der Waals surface area contributed by atoms with Gasteiger partial charge in [0.1, 0.15) is 6.26 Å². The molecule has 26 heavy (non-hydrogen) atoms. The van der Waals surface area contributed by atoms with Gasteiger partial charge in [0.25, 0.3) is 6.29 Å². The summed E-state index contributed by atoms with van der Waals surface area (Å²) in [7, 11) is 0. The van der Waals surface area contributed by atoms with Crippen molar-refractivity contribution in [2.24, 2.45) is 0 Å². The number of hydrogen-bond acceptors (Lipinski definition) is 7. The van der Waals surface area contributed by atoms with Crippen LogP contribution in [0.25, 0.3) is 11.0 Å². The number of imidazole rings is 1. The van der Waals surface area contributed by atoms with E-state index in [1.54, 1.807) is 6.20 Å². The van der Waals surface area contributed by atoms with Crippen molar-refractivity contribution in [1.82, 2.24) is 15.0 Å². The fourth-order valence-electron chi connectivity index (χ4n) is 3.02. The first-order chi connectivity index (χ1) is 12.9. The molecular weight excluding hydrogens is 338 g/mol. The molecule has 2 aliphatic heterocycles. The molecule has 5 rings (SSSR count). The van der Waals surface area contributed by atoms with Crippen molar-refractivity contribution in [3.63, 3.8) is 0 Å². The molecule has 1 unspecified atom stereocenters. The topological polar surface area (TPSA) is 91.6 Å². The fraction of sp³-hybridized carbons (Fsp3) is 0.333. The molecule has 0 amide bonds. The molecule has 1 N–H and O–H groups in total. The molecule has 2 aliphatic rings. The maximum absolute atomic E-state index is 6.02. The maximum atomic E-state index is 6.02. The number of para-hydroxylation sites is 2. The van der Waals surface area contributed by atoms with Crippen LogP contribution in [0.2, 0.25) is 0 Å². The van der Waals surface area contributed by atoms with Gasteiger partial charge in [0.05, 0.1) is 36.9 Å². The number of ether oxygens (including phenoxy) is 4. The summed E-state index contributed by atoms with van der Waals surface area (Å²) in [6.45, 7) is 1.22. The predicted molar refractivity (Wildman–Crippen MR) is 88.5 cm³/mol. The molecule has 1 saturated heterocycles. The quantitative estimate of drug-likeness (QED) is 0.769. The van der Waals surface area contributed by atoms with Gasteiger partial charge in [-0.3, -0.25) is 0 Å². The Bertz CT molecular complexity index is 894. The number of allylic oxidation sites excluding steroid dienone is 1. The number of nitrogens with zero attached hydrogens (tertiary/aromatic N) is 2. The molecule has 0 aliphatic carbocycles. The minimum absolute atomic E-state index is 0.349. The number of rotatable bonds is 4. The van der Waals surface area contributed by atoms with E-state index in [9.17, 15) is 0 Å². The largest absolute Gasteiger partial charge is 0.449 e. The molecule has 8 nitrogen and oxygen atoms in total. The molecule has 1 aromatic carbocycles. The van der Waals surface area contributed by atoms with E-state index in [1.807, 2.05) is 24.3 Å². The Balaban J connectivity index is 1.44. The van der Waals surface area contributed by atoms with Crippen molar-refractivity contribution in [3.8, 4) is 0 Å². The maximum Gasteiger partial charge on any atom is 0.300 e. The molecule has 1 fully saturated rings. The molecule has 0 radical (unpaired) electrons. The zero-order valence-corrected chi connectivity index (χ0v) is 13.9. The summed E-state index contributed by atoms with van der Waals surface area (Å²) in [5.74, 6) is 2.20. The number of benzene rings is 1. The first-order valence-electron chi connectivity index (χ1n) is 8.49. The fourth-order valence-corrected chi connectivity index (χ4v) is 3.02. The Hall–Kier alpha value is -2.84. The zero-order valence-electron chi connectivity index (χ0n) is 13.9. The Labute approximate surface area is 148 Å². The highest BCUT2D eigenvalue weighted by Crippen LogP contribution is 2.37. The normalized spacial score (nSPS) is 21.2. The van der Waals surface area contributed by atoms with Gasteiger partial charge >= 0.3 is 0 Å². The lowest BCUT2D eigenvalue weighted by atomic mass is 10.3. The highest BCUT2D eigenvalue weighted by atomic mass is 16.8. The van der Waals surface area contributed by atoms with Gasteiger partial charge in [0, 0.05) is 0 Å². The van der Waals surface area contributed by atoms with Crippen LogP contribution in [0.3, 0.4) is 0 Å². The van der Waals surface area contributed by atoms with E-state index < -0.39 is 12.6 Å². The SMILES string of the molecule is c1ccc2[nH]c(C3OC(Cc4ncco4)=C(C4OCCCO4)O3)nc2c1. The zero-order chi connectivity index (χ0) is 17.3. The Morgan fingerprint density at radius 2 is 1.96 bits per heavy atom. The van der Waals surface area contributed by atoms with Crippen LogP contribution in [-0.2, 0) is 25.4 Å². The number of fused-ring (bicyclic) bond motifs is 1.